The number of amides is 2. The maximum absolute atomic E-state index is 13.7. The molecule has 3 aromatic rings. The van der Waals surface area contributed by atoms with Crippen LogP contribution >= 0.6 is 15.9 Å². The molecule has 0 spiro atoms. The highest BCUT2D eigenvalue weighted by atomic mass is 79.9. The van der Waals surface area contributed by atoms with E-state index in [-0.39, 0.29) is 24.2 Å². The first-order chi connectivity index (χ1) is 16.0. The van der Waals surface area contributed by atoms with Crippen molar-refractivity contribution >= 4 is 33.4 Å². The first-order valence-electron chi connectivity index (χ1n) is 10.8. The SMILES string of the molecule is CCCCOc1ccc(C(=O)N2CC(=O)Nc3ccc(Br)cc3[C@H]2c2ccc(F)cc2)cc1. The van der Waals surface area contributed by atoms with Crippen LogP contribution in [0.3, 0.4) is 0 Å². The normalized spacial score (nSPS) is 15.4. The fraction of sp³-hybridized carbons (Fsp3) is 0.231. The number of rotatable bonds is 6. The van der Waals surface area contributed by atoms with Gasteiger partial charge in [-0.25, -0.2) is 4.39 Å². The summed E-state index contributed by atoms with van der Waals surface area (Å²) in [5.41, 5.74) is 2.51. The predicted molar refractivity (Wildman–Crippen MR) is 129 cm³/mol. The Kier molecular flexibility index (Phi) is 7.08. The quantitative estimate of drug-likeness (QED) is 0.416. The third-order valence-electron chi connectivity index (χ3n) is 5.52. The van der Waals surface area contributed by atoms with Crippen molar-refractivity contribution in [3.05, 3.63) is 93.7 Å². The summed E-state index contributed by atoms with van der Waals surface area (Å²) in [4.78, 5) is 27.9. The summed E-state index contributed by atoms with van der Waals surface area (Å²) in [5.74, 6) is -0.269. The number of unbranched alkanes of at least 4 members (excludes halogenated alkanes) is 1. The van der Waals surface area contributed by atoms with E-state index in [9.17, 15) is 14.0 Å². The molecule has 0 saturated carbocycles. The molecular weight excluding hydrogens is 487 g/mol. The van der Waals surface area contributed by atoms with Crippen LogP contribution in [0.4, 0.5) is 10.1 Å². The Labute approximate surface area is 200 Å². The molecule has 3 aromatic carbocycles. The average Bonchev–Trinajstić information content (AvgIpc) is 2.95. The van der Waals surface area contributed by atoms with Crippen molar-refractivity contribution in [2.75, 3.05) is 18.5 Å². The largest absolute Gasteiger partial charge is 0.494 e. The first kappa shape index (κ1) is 23.0. The maximum atomic E-state index is 13.7. The summed E-state index contributed by atoms with van der Waals surface area (Å²) in [6, 6.07) is 17.9. The van der Waals surface area contributed by atoms with Crippen LogP contribution in [0.15, 0.2) is 71.2 Å². The second kappa shape index (κ2) is 10.2. The van der Waals surface area contributed by atoms with Crippen LogP contribution in [-0.2, 0) is 4.79 Å². The molecule has 4 rings (SSSR count). The number of hydrogen-bond donors (Lipinski definition) is 1. The van der Waals surface area contributed by atoms with E-state index in [4.69, 9.17) is 4.74 Å². The van der Waals surface area contributed by atoms with Gasteiger partial charge in [-0.1, -0.05) is 41.4 Å². The molecule has 1 aliphatic rings. The van der Waals surface area contributed by atoms with Crippen LogP contribution in [0.1, 0.15) is 47.3 Å². The van der Waals surface area contributed by atoms with Crippen molar-refractivity contribution in [2.24, 2.45) is 0 Å². The standard InChI is InChI=1S/C26H24BrFN2O3/c1-2-3-14-33-21-11-6-18(7-12-21)26(32)30-16-24(31)29-23-13-8-19(27)15-22(23)25(30)17-4-9-20(28)10-5-17/h4-13,15,25H,2-3,14,16H2,1H3,(H,29,31)/t25-/m1/s1. The summed E-state index contributed by atoms with van der Waals surface area (Å²) in [7, 11) is 0. The number of hydrogen-bond acceptors (Lipinski definition) is 3. The molecule has 5 nitrogen and oxygen atoms in total. The molecule has 33 heavy (non-hydrogen) atoms. The lowest BCUT2D eigenvalue weighted by atomic mass is 9.95. The second-order valence-corrected chi connectivity index (χ2v) is 8.81. The molecular formula is C26H24BrFN2O3. The lowest BCUT2D eigenvalue weighted by Crippen LogP contribution is -2.39. The number of ether oxygens (including phenoxy) is 1. The Hall–Kier alpha value is -3.19. The molecule has 0 fully saturated rings. The molecule has 7 heteroatoms. The third kappa shape index (κ3) is 5.25. The highest BCUT2D eigenvalue weighted by molar-refractivity contribution is 9.10. The zero-order valence-electron chi connectivity index (χ0n) is 18.2. The van der Waals surface area contributed by atoms with Crippen LogP contribution < -0.4 is 10.1 Å². The van der Waals surface area contributed by atoms with Gasteiger partial charge < -0.3 is 15.0 Å². The Morgan fingerprint density at radius 2 is 1.85 bits per heavy atom. The fourth-order valence-corrected chi connectivity index (χ4v) is 4.24. The zero-order valence-corrected chi connectivity index (χ0v) is 19.8. The second-order valence-electron chi connectivity index (χ2n) is 7.89. The molecule has 170 valence electrons. The van der Waals surface area contributed by atoms with Gasteiger partial charge in [0, 0.05) is 21.3 Å². The van der Waals surface area contributed by atoms with Crippen molar-refractivity contribution in [2.45, 2.75) is 25.8 Å². The number of halogens is 2. The van der Waals surface area contributed by atoms with Gasteiger partial charge in [-0.2, -0.15) is 0 Å². The summed E-state index contributed by atoms with van der Waals surface area (Å²) in [6.07, 6.45) is 1.99. The minimum atomic E-state index is -0.579. The van der Waals surface area contributed by atoms with Gasteiger partial charge in [-0.3, -0.25) is 9.59 Å². The maximum Gasteiger partial charge on any atom is 0.255 e. The minimum Gasteiger partial charge on any atom is -0.494 e. The molecule has 0 aliphatic carbocycles. The van der Waals surface area contributed by atoms with Gasteiger partial charge in [0.1, 0.15) is 18.1 Å². The van der Waals surface area contributed by atoms with Crippen LogP contribution in [-0.4, -0.2) is 29.9 Å². The Morgan fingerprint density at radius 1 is 1.12 bits per heavy atom. The van der Waals surface area contributed by atoms with Crippen molar-refractivity contribution in [1.82, 2.24) is 4.90 Å². The van der Waals surface area contributed by atoms with Crippen molar-refractivity contribution < 1.29 is 18.7 Å². The van der Waals surface area contributed by atoms with Gasteiger partial charge in [0.05, 0.1) is 12.6 Å². The van der Waals surface area contributed by atoms with Gasteiger partial charge in [0.2, 0.25) is 5.91 Å². The highest BCUT2D eigenvalue weighted by Gasteiger charge is 2.34. The highest BCUT2D eigenvalue weighted by Crippen LogP contribution is 2.38. The fourth-order valence-electron chi connectivity index (χ4n) is 3.86. The van der Waals surface area contributed by atoms with Gasteiger partial charge in [0.25, 0.3) is 5.91 Å². The molecule has 0 saturated heterocycles. The number of benzene rings is 3. The summed E-state index contributed by atoms with van der Waals surface area (Å²) in [6.45, 7) is 2.58. The Morgan fingerprint density at radius 3 is 2.55 bits per heavy atom. The number of nitrogens with one attached hydrogen (secondary N) is 1. The summed E-state index contributed by atoms with van der Waals surface area (Å²) >= 11 is 3.49. The van der Waals surface area contributed by atoms with E-state index < -0.39 is 6.04 Å². The number of fused-ring (bicyclic) bond motifs is 1. The van der Waals surface area contributed by atoms with E-state index in [1.54, 1.807) is 42.5 Å². The molecule has 2 amide bonds. The topological polar surface area (TPSA) is 58.6 Å². The molecule has 0 aromatic heterocycles. The number of carbonyl (C=O) groups is 2. The van der Waals surface area contributed by atoms with Gasteiger partial charge in [0.15, 0.2) is 0 Å². The number of carbonyl (C=O) groups excluding carboxylic acids is 2. The van der Waals surface area contributed by atoms with Crippen LogP contribution in [0.2, 0.25) is 0 Å². The molecule has 1 aliphatic heterocycles. The minimum absolute atomic E-state index is 0.137. The number of nitrogens with zero attached hydrogens (tertiary/aromatic N) is 1. The van der Waals surface area contributed by atoms with E-state index in [0.29, 0.717) is 29.2 Å². The Balaban J connectivity index is 1.73. The molecule has 1 heterocycles. The van der Waals surface area contributed by atoms with E-state index in [1.807, 2.05) is 12.1 Å². The molecule has 1 N–H and O–H groups in total. The third-order valence-corrected chi connectivity index (χ3v) is 6.02. The molecule has 0 unspecified atom stereocenters. The van der Waals surface area contributed by atoms with Crippen LogP contribution in [0.25, 0.3) is 0 Å². The smallest absolute Gasteiger partial charge is 0.255 e. The first-order valence-corrected chi connectivity index (χ1v) is 11.6. The van der Waals surface area contributed by atoms with Gasteiger partial charge >= 0.3 is 0 Å². The zero-order chi connectivity index (χ0) is 23.4. The molecule has 0 radical (unpaired) electrons. The van der Waals surface area contributed by atoms with Crippen molar-refractivity contribution in [3.63, 3.8) is 0 Å². The van der Waals surface area contributed by atoms with E-state index in [0.717, 1.165) is 22.9 Å². The summed E-state index contributed by atoms with van der Waals surface area (Å²) < 4.78 is 20.2. The van der Waals surface area contributed by atoms with Crippen molar-refractivity contribution in [3.8, 4) is 5.75 Å². The average molecular weight is 511 g/mol. The van der Waals surface area contributed by atoms with E-state index >= 15 is 0 Å². The Bertz CT molecular complexity index is 1150. The van der Waals surface area contributed by atoms with Crippen LogP contribution in [0.5, 0.6) is 5.75 Å². The van der Waals surface area contributed by atoms with Crippen LogP contribution in [0, 0.1) is 5.82 Å². The van der Waals surface area contributed by atoms with E-state index in [1.165, 1.54) is 17.0 Å². The summed E-state index contributed by atoms with van der Waals surface area (Å²) in [5, 5.41) is 2.89. The van der Waals surface area contributed by atoms with Crippen molar-refractivity contribution in [1.29, 1.82) is 0 Å². The predicted octanol–water partition coefficient (Wildman–Crippen LogP) is 5.95. The molecule has 1 atom stereocenters. The van der Waals surface area contributed by atoms with Gasteiger partial charge in [-0.15, -0.1) is 0 Å². The van der Waals surface area contributed by atoms with E-state index in [2.05, 4.69) is 28.2 Å². The van der Waals surface area contributed by atoms with Gasteiger partial charge in [-0.05, 0) is 66.6 Å². The molecule has 0 bridgehead atoms. The lowest BCUT2D eigenvalue weighted by molar-refractivity contribution is -0.117. The monoisotopic (exact) mass is 510 g/mol. The number of anilines is 1. The lowest BCUT2D eigenvalue weighted by Gasteiger charge is -2.31.